The maximum atomic E-state index is 13.3. The number of nitrogens with zero attached hydrogens (tertiary/aromatic N) is 2. The molecular formula is C19H21ClFN4O2+. The van der Waals surface area contributed by atoms with Crippen LogP contribution < -0.4 is 11.1 Å². The molecule has 1 aromatic carbocycles. The lowest BCUT2D eigenvalue weighted by atomic mass is 10.1. The minimum Gasteiger partial charge on any atom is -0.458 e. The highest BCUT2D eigenvalue weighted by Gasteiger charge is 2.32. The summed E-state index contributed by atoms with van der Waals surface area (Å²) in [6.45, 7) is 2.83. The van der Waals surface area contributed by atoms with Gasteiger partial charge in [-0.3, -0.25) is 4.79 Å². The van der Waals surface area contributed by atoms with Crippen molar-refractivity contribution in [2.75, 3.05) is 13.1 Å². The molecule has 1 unspecified atom stereocenters. The van der Waals surface area contributed by atoms with E-state index in [1.807, 2.05) is 6.92 Å². The number of carbonyl (C=O) groups excluding carboxylic acids is 1. The molecule has 2 atom stereocenters. The van der Waals surface area contributed by atoms with E-state index in [2.05, 4.69) is 10.4 Å². The topological polar surface area (TPSA) is 83.6 Å². The molecule has 0 bridgehead atoms. The number of alkyl halides is 1. The number of rotatable bonds is 7. The number of nitrogens with two attached hydrogens (primary N) is 1. The quantitative estimate of drug-likeness (QED) is 0.560. The Kier molecular flexibility index (Phi) is 6.03. The Balaban J connectivity index is 1.70. The first-order valence-corrected chi connectivity index (χ1v) is 9.12. The minimum atomic E-state index is -0.387. The van der Waals surface area contributed by atoms with Gasteiger partial charge in [0.15, 0.2) is 17.7 Å². The Bertz CT molecular complexity index is 893. The Labute approximate surface area is 161 Å². The van der Waals surface area contributed by atoms with E-state index in [4.69, 9.17) is 21.8 Å². The standard InChI is InChI=1S/C19H20ClFN4O2/c1-2-25-18(16(20)10-23-25)13-8-17(27-11-13)19(26)24-15(9-22)7-12-4-3-5-14(21)6-12/h3-6,8,10-11,15-16H,2,7,9,22H2,1H3/p+1/t15-,16?/m0/s1. The van der Waals surface area contributed by atoms with E-state index >= 15 is 0 Å². The zero-order chi connectivity index (χ0) is 19.4. The van der Waals surface area contributed by atoms with Gasteiger partial charge in [-0.2, -0.15) is 0 Å². The van der Waals surface area contributed by atoms with Crippen molar-refractivity contribution in [3.63, 3.8) is 0 Å². The number of hydrogen-bond acceptors (Lipinski definition) is 4. The third-order valence-corrected chi connectivity index (χ3v) is 4.61. The van der Waals surface area contributed by atoms with E-state index in [1.54, 1.807) is 29.1 Å². The molecule has 8 heteroatoms. The van der Waals surface area contributed by atoms with Crippen LogP contribution in [0.4, 0.5) is 4.39 Å². The van der Waals surface area contributed by atoms with E-state index in [0.717, 1.165) is 11.3 Å². The summed E-state index contributed by atoms with van der Waals surface area (Å²) in [5, 5.41) is 6.66. The Morgan fingerprint density at radius 2 is 2.30 bits per heavy atom. The van der Waals surface area contributed by atoms with E-state index in [0.29, 0.717) is 18.5 Å². The van der Waals surface area contributed by atoms with Crippen molar-refractivity contribution >= 4 is 29.4 Å². The summed E-state index contributed by atoms with van der Waals surface area (Å²) in [5.41, 5.74) is 8.00. The van der Waals surface area contributed by atoms with Crippen molar-refractivity contribution in [2.45, 2.75) is 24.8 Å². The maximum Gasteiger partial charge on any atom is 0.287 e. The lowest BCUT2D eigenvalue weighted by molar-refractivity contribution is -0.525. The number of halogens is 2. The molecule has 1 aromatic heterocycles. The van der Waals surface area contributed by atoms with Gasteiger partial charge in [0.2, 0.25) is 5.71 Å². The van der Waals surface area contributed by atoms with Crippen LogP contribution in [0.3, 0.4) is 0 Å². The number of hydrogen-bond donors (Lipinski definition) is 2. The SMILES string of the molecule is CC[N+]1=C(c2coc(C(=O)N[C@H](CN)Cc3cccc(F)c3)c2)C(Cl)C=N1. The molecule has 0 fully saturated rings. The van der Waals surface area contributed by atoms with Crippen LogP contribution >= 0.6 is 11.6 Å². The van der Waals surface area contributed by atoms with Gasteiger partial charge < -0.3 is 15.5 Å². The highest BCUT2D eigenvalue weighted by molar-refractivity contribution is 6.42. The van der Waals surface area contributed by atoms with E-state index < -0.39 is 0 Å². The van der Waals surface area contributed by atoms with E-state index in [9.17, 15) is 9.18 Å². The minimum absolute atomic E-state index is 0.155. The summed E-state index contributed by atoms with van der Waals surface area (Å²) >= 11 is 6.27. The molecule has 0 saturated carbocycles. The van der Waals surface area contributed by atoms with E-state index in [1.165, 1.54) is 18.4 Å². The third-order valence-electron chi connectivity index (χ3n) is 4.29. The van der Waals surface area contributed by atoms with E-state index in [-0.39, 0.29) is 35.4 Å². The fraction of sp³-hybridized carbons (Fsp3) is 0.316. The smallest absolute Gasteiger partial charge is 0.287 e. The number of nitrogens with one attached hydrogen (secondary N) is 1. The highest BCUT2D eigenvalue weighted by Crippen LogP contribution is 2.17. The van der Waals surface area contributed by atoms with Crippen molar-refractivity contribution in [3.8, 4) is 0 Å². The van der Waals surface area contributed by atoms with Crippen molar-refractivity contribution in [1.82, 2.24) is 5.32 Å². The maximum absolute atomic E-state index is 13.3. The number of carbonyl (C=O) groups is 1. The number of amides is 1. The van der Waals surface area contributed by atoms with Gasteiger partial charge >= 0.3 is 0 Å². The molecule has 2 aromatic rings. The summed E-state index contributed by atoms with van der Waals surface area (Å²) in [6, 6.07) is 7.51. The Hall–Kier alpha value is -2.51. The summed E-state index contributed by atoms with van der Waals surface area (Å²) in [5.74, 6) is -0.555. The monoisotopic (exact) mass is 391 g/mol. The lowest BCUT2D eigenvalue weighted by Crippen LogP contribution is -2.41. The lowest BCUT2D eigenvalue weighted by Gasteiger charge is -2.16. The van der Waals surface area contributed by atoms with Gasteiger partial charge in [-0.05, 0) is 36.1 Å². The van der Waals surface area contributed by atoms with Crippen molar-refractivity contribution < 1.29 is 18.3 Å². The van der Waals surface area contributed by atoms with Crippen LogP contribution in [0.5, 0.6) is 0 Å². The first-order valence-electron chi connectivity index (χ1n) is 8.68. The van der Waals surface area contributed by atoms with Crippen molar-refractivity contribution in [1.29, 1.82) is 0 Å². The second-order valence-corrected chi connectivity index (χ2v) is 6.68. The molecule has 0 spiro atoms. The van der Waals surface area contributed by atoms with Gasteiger partial charge in [-0.15, -0.1) is 11.6 Å². The van der Waals surface area contributed by atoms with Crippen molar-refractivity contribution in [2.24, 2.45) is 10.8 Å². The van der Waals surface area contributed by atoms with Gasteiger partial charge in [-0.25, -0.2) is 4.39 Å². The average Bonchev–Trinajstić information content (AvgIpc) is 3.27. The van der Waals surface area contributed by atoms with Gasteiger partial charge in [-0.1, -0.05) is 16.8 Å². The predicted molar refractivity (Wildman–Crippen MR) is 102 cm³/mol. The molecule has 142 valence electrons. The molecule has 0 aliphatic carbocycles. The number of benzene rings is 1. The van der Waals surface area contributed by atoms with Crippen LogP contribution in [0.15, 0.2) is 46.1 Å². The zero-order valence-electron chi connectivity index (χ0n) is 14.9. The van der Waals surface area contributed by atoms with Gasteiger partial charge in [0.1, 0.15) is 18.3 Å². The predicted octanol–water partition coefficient (Wildman–Crippen LogP) is 2.15. The fourth-order valence-corrected chi connectivity index (χ4v) is 3.25. The molecule has 6 nitrogen and oxygen atoms in total. The molecule has 1 aliphatic rings. The molecule has 3 rings (SSSR count). The normalized spacial score (nSPS) is 17.4. The molecule has 1 amide bonds. The van der Waals surface area contributed by atoms with Crippen LogP contribution in [0.2, 0.25) is 0 Å². The second kappa shape index (κ2) is 8.45. The zero-order valence-corrected chi connectivity index (χ0v) is 15.6. The highest BCUT2D eigenvalue weighted by atomic mass is 35.5. The largest absolute Gasteiger partial charge is 0.458 e. The molecule has 0 radical (unpaired) electrons. The van der Waals surface area contributed by atoms with Gasteiger partial charge in [0.25, 0.3) is 5.91 Å². The molecule has 0 saturated heterocycles. The van der Waals surface area contributed by atoms with Crippen molar-refractivity contribution in [3.05, 3.63) is 59.3 Å². The molecule has 2 heterocycles. The van der Waals surface area contributed by atoms with Gasteiger partial charge in [0, 0.05) is 18.7 Å². The van der Waals surface area contributed by atoms with Crippen LogP contribution in [0, 0.1) is 5.82 Å². The second-order valence-electron chi connectivity index (χ2n) is 6.21. The Morgan fingerprint density at radius 1 is 1.48 bits per heavy atom. The molecule has 27 heavy (non-hydrogen) atoms. The average molecular weight is 392 g/mol. The summed E-state index contributed by atoms with van der Waals surface area (Å²) in [7, 11) is 0. The third kappa shape index (κ3) is 4.43. The first-order chi connectivity index (χ1) is 13.0. The number of furan rings is 1. The van der Waals surface area contributed by atoms with Crippen LogP contribution in [0.1, 0.15) is 28.6 Å². The molecule has 3 N–H and O–H groups in total. The summed E-state index contributed by atoms with van der Waals surface area (Å²) in [4.78, 5) is 12.5. The van der Waals surface area contributed by atoms with Crippen LogP contribution in [-0.2, 0) is 6.42 Å². The van der Waals surface area contributed by atoms with Gasteiger partial charge in [0.05, 0.1) is 5.56 Å². The van der Waals surface area contributed by atoms with Crippen LogP contribution in [0.25, 0.3) is 0 Å². The van der Waals surface area contributed by atoms with Crippen LogP contribution in [-0.4, -0.2) is 47.0 Å². The summed E-state index contributed by atoms with van der Waals surface area (Å²) < 4.78 is 20.5. The first kappa shape index (κ1) is 19.3. The fourth-order valence-electron chi connectivity index (χ4n) is 2.96. The molecule has 1 aliphatic heterocycles. The number of hydrazone groups is 1. The Morgan fingerprint density at radius 3 is 3.00 bits per heavy atom. The molecular weight excluding hydrogens is 371 g/mol. The summed E-state index contributed by atoms with van der Waals surface area (Å²) in [6.07, 6.45) is 3.55.